The van der Waals surface area contributed by atoms with E-state index in [2.05, 4.69) is 20.7 Å². The number of hydrogen-bond acceptors (Lipinski definition) is 5. The highest BCUT2D eigenvalue weighted by molar-refractivity contribution is 6.03. The van der Waals surface area contributed by atoms with E-state index in [0.717, 1.165) is 28.6 Å². The molecule has 0 aliphatic heterocycles. The van der Waals surface area contributed by atoms with Crippen molar-refractivity contribution in [2.75, 3.05) is 11.9 Å². The zero-order valence-electron chi connectivity index (χ0n) is 20.4. The van der Waals surface area contributed by atoms with Crippen molar-refractivity contribution >= 4 is 11.6 Å². The minimum Gasteiger partial charge on any atom is -0.326 e. The summed E-state index contributed by atoms with van der Waals surface area (Å²) in [5, 5.41) is 10.0. The van der Waals surface area contributed by atoms with E-state index in [0.29, 0.717) is 22.9 Å². The van der Waals surface area contributed by atoms with Gasteiger partial charge >= 0.3 is 6.18 Å². The summed E-state index contributed by atoms with van der Waals surface area (Å²) in [6, 6.07) is 20.1. The van der Waals surface area contributed by atoms with E-state index in [4.69, 9.17) is 5.73 Å². The SMILES string of the molecule is NCc1cccc(-n2nc(C(F)(F)F)cc2C(=O)Nc2cccc(C(NCC3CC3)c3ccccn3)c2)c1. The number of anilines is 1. The molecule has 0 spiro atoms. The Morgan fingerprint density at radius 1 is 1.05 bits per heavy atom. The van der Waals surface area contributed by atoms with Crippen molar-refractivity contribution in [1.29, 1.82) is 0 Å². The third-order valence-corrected chi connectivity index (χ3v) is 6.39. The van der Waals surface area contributed by atoms with Crippen LogP contribution in [-0.2, 0) is 12.7 Å². The van der Waals surface area contributed by atoms with Crippen LogP contribution in [0.4, 0.5) is 18.9 Å². The number of nitrogens with two attached hydrogens (primary N) is 1. The molecule has 1 aliphatic carbocycles. The first-order valence-electron chi connectivity index (χ1n) is 12.3. The maximum atomic E-state index is 13.5. The predicted octanol–water partition coefficient (Wildman–Crippen LogP) is 5.09. The van der Waals surface area contributed by atoms with Gasteiger partial charge in [-0.3, -0.25) is 9.78 Å². The lowest BCUT2D eigenvalue weighted by atomic mass is 10.0. The van der Waals surface area contributed by atoms with Crippen LogP contribution in [0.15, 0.2) is 79.0 Å². The van der Waals surface area contributed by atoms with Gasteiger partial charge in [-0.15, -0.1) is 0 Å². The average molecular weight is 521 g/mol. The van der Waals surface area contributed by atoms with E-state index in [9.17, 15) is 18.0 Å². The summed E-state index contributed by atoms with van der Waals surface area (Å²) in [5.41, 5.74) is 7.45. The standard InChI is InChI=1S/C28H27F3N6O/c29-28(30,31)25-15-24(37(36-25)22-8-3-5-19(13-22)16-32)27(38)35-21-7-4-6-20(14-21)26(34-17-18-10-11-18)23-9-1-2-12-33-23/h1-9,12-15,18,26,34H,10-11,16-17,32H2,(H,35,38). The number of carbonyl (C=O) groups excluding carboxylic acids is 1. The lowest BCUT2D eigenvalue weighted by molar-refractivity contribution is -0.141. The Bertz CT molecular complexity index is 1420. The first kappa shape index (κ1) is 25.6. The van der Waals surface area contributed by atoms with Crippen LogP contribution in [-0.4, -0.2) is 27.2 Å². The Balaban J connectivity index is 1.44. The molecule has 38 heavy (non-hydrogen) atoms. The summed E-state index contributed by atoms with van der Waals surface area (Å²) in [7, 11) is 0. The maximum Gasteiger partial charge on any atom is 0.435 e. The van der Waals surface area contributed by atoms with Gasteiger partial charge in [0.1, 0.15) is 5.69 Å². The van der Waals surface area contributed by atoms with E-state index in [1.165, 1.54) is 12.8 Å². The lowest BCUT2D eigenvalue weighted by Gasteiger charge is -2.20. The number of benzene rings is 2. The van der Waals surface area contributed by atoms with Gasteiger partial charge < -0.3 is 16.4 Å². The summed E-state index contributed by atoms with van der Waals surface area (Å²) < 4.78 is 41.6. The zero-order chi connectivity index (χ0) is 26.7. The number of nitrogens with zero attached hydrogens (tertiary/aromatic N) is 3. The van der Waals surface area contributed by atoms with E-state index < -0.39 is 17.8 Å². The monoisotopic (exact) mass is 520 g/mol. The van der Waals surface area contributed by atoms with Crippen LogP contribution in [0.1, 0.15) is 51.9 Å². The molecule has 1 aliphatic rings. The fraction of sp³-hybridized carbons (Fsp3) is 0.250. The predicted molar refractivity (Wildman–Crippen MR) is 138 cm³/mol. The van der Waals surface area contributed by atoms with Crippen LogP contribution in [0.25, 0.3) is 5.69 Å². The van der Waals surface area contributed by atoms with Gasteiger partial charge in [0.05, 0.1) is 17.4 Å². The van der Waals surface area contributed by atoms with Crippen molar-refractivity contribution in [3.05, 3.63) is 107 Å². The molecule has 1 atom stereocenters. The van der Waals surface area contributed by atoms with Crippen LogP contribution in [0.2, 0.25) is 0 Å². The molecule has 4 aromatic rings. The normalized spacial score (nSPS) is 14.3. The van der Waals surface area contributed by atoms with Crippen molar-refractivity contribution < 1.29 is 18.0 Å². The molecule has 1 fully saturated rings. The molecule has 1 saturated carbocycles. The number of rotatable bonds is 9. The number of carbonyl (C=O) groups is 1. The topological polar surface area (TPSA) is 97.9 Å². The Labute approximate surface area is 217 Å². The fourth-order valence-electron chi connectivity index (χ4n) is 4.23. The molecule has 1 unspecified atom stereocenters. The zero-order valence-corrected chi connectivity index (χ0v) is 20.4. The molecular weight excluding hydrogens is 493 g/mol. The van der Waals surface area contributed by atoms with Crippen LogP contribution in [0.5, 0.6) is 0 Å². The number of nitrogens with one attached hydrogen (secondary N) is 2. The minimum atomic E-state index is -4.71. The Morgan fingerprint density at radius 3 is 2.58 bits per heavy atom. The molecule has 1 amide bonds. The van der Waals surface area contributed by atoms with Gasteiger partial charge in [0.2, 0.25) is 0 Å². The van der Waals surface area contributed by atoms with Gasteiger partial charge in [-0.05, 0) is 72.8 Å². The molecule has 0 saturated heterocycles. The summed E-state index contributed by atoms with van der Waals surface area (Å²) in [6.07, 6.45) is -0.597. The van der Waals surface area contributed by atoms with Crippen molar-refractivity contribution in [3.8, 4) is 5.69 Å². The number of hydrogen-bond donors (Lipinski definition) is 3. The van der Waals surface area contributed by atoms with Gasteiger partial charge in [-0.25, -0.2) is 4.68 Å². The molecule has 0 bridgehead atoms. The molecule has 196 valence electrons. The second kappa shape index (κ2) is 10.8. The summed E-state index contributed by atoms with van der Waals surface area (Å²) >= 11 is 0. The first-order chi connectivity index (χ1) is 18.3. The van der Waals surface area contributed by atoms with Crippen LogP contribution < -0.4 is 16.4 Å². The smallest absolute Gasteiger partial charge is 0.326 e. The van der Waals surface area contributed by atoms with Gasteiger partial charge in [0, 0.05) is 24.5 Å². The highest BCUT2D eigenvalue weighted by atomic mass is 19.4. The Morgan fingerprint density at radius 2 is 1.87 bits per heavy atom. The van der Waals surface area contributed by atoms with E-state index in [1.807, 2.05) is 24.3 Å². The number of pyridine rings is 1. The summed E-state index contributed by atoms with van der Waals surface area (Å²) in [6.45, 7) is 1.04. The number of aromatic nitrogens is 3. The molecule has 2 heterocycles. The summed E-state index contributed by atoms with van der Waals surface area (Å²) in [4.78, 5) is 17.8. The Hall–Kier alpha value is -4.02. The van der Waals surface area contributed by atoms with Gasteiger partial charge in [0.15, 0.2) is 5.69 Å². The maximum absolute atomic E-state index is 13.5. The van der Waals surface area contributed by atoms with Crippen molar-refractivity contribution in [3.63, 3.8) is 0 Å². The van der Waals surface area contributed by atoms with Crippen LogP contribution >= 0.6 is 0 Å². The van der Waals surface area contributed by atoms with Crippen molar-refractivity contribution in [2.24, 2.45) is 11.7 Å². The fourth-order valence-corrected chi connectivity index (χ4v) is 4.23. The van der Waals surface area contributed by atoms with Crippen molar-refractivity contribution in [1.82, 2.24) is 20.1 Å². The average Bonchev–Trinajstić information content (AvgIpc) is 3.63. The Kier molecular flexibility index (Phi) is 7.26. The quantitative estimate of drug-likeness (QED) is 0.286. The number of alkyl halides is 3. The molecular formula is C28H27F3N6O. The molecule has 5 rings (SSSR count). The summed E-state index contributed by atoms with van der Waals surface area (Å²) in [5.74, 6) is -0.0754. The lowest BCUT2D eigenvalue weighted by Crippen LogP contribution is -2.25. The molecule has 2 aromatic heterocycles. The minimum absolute atomic E-state index is 0.196. The molecule has 0 radical (unpaired) electrons. The second-order valence-electron chi connectivity index (χ2n) is 9.32. The van der Waals surface area contributed by atoms with Crippen molar-refractivity contribution in [2.45, 2.75) is 31.6 Å². The second-order valence-corrected chi connectivity index (χ2v) is 9.32. The van der Waals surface area contributed by atoms with E-state index in [1.54, 1.807) is 48.7 Å². The highest BCUT2D eigenvalue weighted by Crippen LogP contribution is 2.32. The highest BCUT2D eigenvalue weighted by Gasteiger charge is 2.36. The number of halogens is 3. The van der Waals surface area contributed by atoms with Gasteiger partial charge in [-0.1, -0.05) is 30.3 Å². The molecule has 7 nitrogen and oxygen atoms in total. The number of amides is 1. The van der Waals surface area contributed by atoms with Crippen LogP contribution in [0.3, 0.4) is 0 Å². The third kappa shape index (κ3) is 5.92. The first-order valence-corrected chi connectivity index (χ1v) is 12.3. The van der Waals surface area contributed by atoms with Crippen LogP contribution in [0, 0.1) is 5.92 Å². The van der Waals surface area contributed by atoms with Gasteiger partial charge in [-0.2, -0.15) is 18.3 Å². The largest absolute Gasteiger partial charge is 0.435 e. The van der Waals surface area contributed by atoms with Gasteiger partial charge in [0.25, 0.3) is 5.91 Å². The van der Waals surface area contributed by atoms with E-state index in [-0.39, 0.29) is 18.3 Å². The third-order valence-electron chi connectivity index (χ3n) is 6.39. The molecule has 2 aromatic carbocycles. The molecule has 10 heteroatoms. The van der Waals surface area contributed by atoms with E-state index >= 15 is 0 Å². The molecule has 4 N–H and O–H groups in total.